The number of rotatable bonds is 6. The molecule has 10 heteroatoms. The highest BCUT2D eigenvalue weighted by Crippen LogP contribution is 2.31. The summed E-state index contributed by atoms with van der Waals surface area (Å²) in [6.07, 6.45) is 0. The third-order valence-electron chi connectivity index (χ3n) is 4.41. The van der Waals surface area contributed by atoms with Crippen molar-refractivity contribution < 1.29 is 23.9 Å². The summed E-state index contributed by atoms with van der Waals surface area (Å²) in [7, 11) is 0. The maximum absolute atomic E-state index is 12.4. The number of ether oxygens (including phenoxy) is 1. The highest BCUT2D eigenvalue weighted by atomic mass is 35.5. The Hall–Kier alpha value is -2.61. The molecular weight excluding hydrogens is 455 g/mol. The monoisotopic (exact) mass is 468 g/mol. The summed E-state index contributed by atoms with van der Waals surface area (Å²) in [4.78, 5) is 49.6. The van der Waals surface area contributed by atoms with Crippen molar-refractivity contribution in [3.63, 3.8) is 0 Å². The fourth-order valence-electron chi connectivity index (χ4n) is 2.87. The summed E-state index contributed by atoms with van der Waals surface area (Å²) in [6, 6.07) is 9.14. The molecule has 0 bridgehead atoms. The standard InChI is InChI=1S/C20H15Cl3N2O5/c1-10(11-2-4-12(21)5-3-11)24-17(26)9-30-18(27)8-25-19(28)13-6-15(22)16(23)7-14(13)20(25)29/h2-7,10H,8-9H2,1H3,(H,24,26). The van der Waals surface area contributed by atoms with Crippen molar-refractivity contribution in [3.8, 4) is 0 Å². The fraction of sp³-hybridized carbons (Fsp3) is 0.200. The number of esters is 1. The van der Waals surface area contributed by atoms with E-state index in [-0.39, 0.29) is 27.2 Å². The zero-order chi connectivity index (χ0) is 22.0. The third-order valence-corrected chi connectivity index (χ3v) is 5.38. The molecule has 1 aliphatic heterocycles. The average molecular weight is 470 g/mol. The van der Waals surface area contributed by atoms with Crippen LogP contribution in [0.1, 0.15) is 39.2 Å². The Kier molecular flexibility index (Phi) is 6.65. The van der Waals surface area contributed by atoms with E-state index in [1.54, 1.807) is 31.2 Å². The number of benzene rings is 2. The number of nitrogens with zero attached hydrogens (tertiary/aromatic N) is 1. The smallest absolute Gasteiger partial charge is 0.326 e. The van der Waals surface area contributed by atoms with Crippen molar-refractivity contribution in [2.24, 2.45) is 0 Å². The number of nitrogens with one attached hydrogen (secondary N) is 1. The largest absolute Gasteiger partial charge is 0.454 e. The van der Waals surface area contributed by atoms with Crippen molar-refractivity contribution in [3.05, 3.63) is 68.2 Å². The molecule has 7 nitrogen and oxygen atoms in total. The Morgan fingerprint density at radius 2 is 1.53 bits per heavy atom. The lowest BCUT2D eigenvalue weighted by Gasteiger charge is -2.15. The lowest BCUT2D eigenvalue weighted by molar-refractivity contribution is -0.148. The van der Waals surface area contributed by atoms with Crippen LogP contribution in [0.2, 0.25) is 15.1 Å². The molecule has 1 heterocycles. The SMILES string of the molecule is CC(NC(=O)COC(=O)CN1C(=O)c2cc(Cl)c(Cl)cc2C1=O)c1ccc(Cl)cc1. The van der Waals surface area contributed by atoms with E-state index in [4.69, 9.17) is 39.5 Å². The zero-order valence-electron chi connectivity index (χ0n) is 15.6. The second kappa shape index (κ2) is 9.04. The van der Waals surface area contributed by atoms with Gasteiger partial charge in [0.05, 0.1) is 27.2 Å². The van der Waals surface area contributed by atoms with Crippen LogP contribution >= 0.6 is 34.8 Å². The Balaban J connectivity index is 1.53. The maximum Gasteiger partial charge on any atom is 0.326 e. The fourth-order valence-corrected chi connectivity index (χ4v) is 3.32. The zero-order valence-corrected chi connectivity index (χ0v) is 17.8. The van der Waals surface area contributed by atoms with Gasteiger partial charge in [0.15, 0.2) is 6.61 Å². The summed E-state index contributed by atoms with van der Waals surface area (Å²) >= 11 is 17.6. The number of halogens is 3. The van der Waals surface area contributed by atoms with Crippen molar-refractivity contribution in [2.45, 2.75) is 13.0 Å². The first-order valence-electron chi connectivity index (χ1n) is 8.73. The number of imide groups is 1. The van der Waals surface area contributed by atoms with E-state index in [0.29, 0.717) is 9.92 Å². The molecule has 1 N–H and O–H groups in total. The van der Waals surface area contributed by atoms with Crippen LogP contribution in [0.3, 0.4) is 0 Å². The molecule has 3 amide bonds. The Morgan fingerprint density at radius 3 is 2.07 bits per heavy atom. The molecule has 0 saturated carbocycles. The summed E-state index contributed by atoms with van der Waals surface area (Å²) in [5.74, 6) is -2.82. The summed E-state index contributed by atoms with van der Waals surface area (Å²) < 4.78 is 4.89. The number of fused-ring (bicyclic) bond motifs is 1. The molecule has 156 valence electrons. The summed E-state index contributed by atoms with van der Waals surface area (Å²) in [6.45, 7) is 0.567. The van der Waals surface area contributed by atoms with Crippen molar-refractivity contribution in [2.75, 3.05) is 13.2 Å². The van der Waals surface area contributed by atoms with Gasteiger partial charge in [0, 0.05) is 5.02 Å². The minimum Gasteiger partial charge on any atom is -0.454 e. The van der Waals surface area contributed by atoms with Gasteiger partial charge in [-0.25, -0.2) is 0 Å². The normalized spacial score (nSPS) is 13.8. The molecule has 1 aliphatic rings. The molecule has 2 aromatic carbocycles. The lowest BCUT2D eigenvalue weighted by Crippen LogP contribution is -2.37. The molecule has 1 unspecified atom stereocenters. The van der Waals surface area contributed by atoms with Gasteiger partial charge < -0.3 is 10.1 Å². The van der Waals surface area contributed by atoms with Gasteiger partial charge >= 0.3 is 5.97 Å². The first-order valence-corrected chi connectivity index (χ1v) is 9.86. The molecule has 0 saturated heterocycles. The van der Waals surface area contributed by atoms with Crippen LogP contribution in [-0.2, 0) is 14.3 Å². The van der Waals surface area contributed by atoms with Gasteiger partial charge in [-0.1, -0.05) is 46.9 Å². The molecule has 0 aromatic heterocycles. The van der Waals surface area contributed by atoms with Gasteiger partial charge in [-0.3, -0.25) is 24.1 Å². The van der Waals surface area contributed by atoms with Crippen LogP contribution in [0.4, 0.5) is 0 Å². The number of carbonyl (C=O) groups is 4. The van der Waals surface area contributed by atoms with E-state index >= 15 is 0 Å². The van der Waals surface area contributed by atoms with E-state index in [1.807, 2.05) is 0 Å². The first kappa shape index (κ1) is 22.1. The number of hydrogen-bond acceptors (Lipinski definition) is 5. The van der Waals surface area contributed by atoms with Crippen LogP contribution in [0.5, 0.6) is 0 Å². The quantitative estimate of drug-likeness (QED) is 0.515. The van der Waals surface area contributed by atoms with Gasteiger partial charge in [0.2, 0.25) is 0 Å². The van der Waals surface area contributed by atoms with Crippen LogP contribution in [0.25, 0.3) is 0 Å². The van der Waals surface area contributed by atoms with Crippen molar-refractivity contribution in [1.29, 1.82) is 0 Å². The third kappa shape index (κ3) is 4.75. The van der Waals surface area contributed by atoms with Crippen molar-refractivity contribution >= 4 is 58.5 Å². The Labute approximate surface area is 186 Å². The molecule has 0 fully saturated rings. The molecular formula is C20H15Cl3N2O5. The van der Waals surface area contributed by atoms with E-state index in [1.165, 1.54) is 12.1 Å². The predicted molar refractivity (Wildman–Crippen MR) is 111 cm³/mol. The Bertz CT molecular complexity index is 998. The topological polar surface area (TPSA) is 92.8 Å². The Morgan fingerprint density at radius 1 is 1.00 bits per heavy atom. The van der Waals surface area contributed by atoms with Gasteiger partial charge in [0.1, 0.15) is 6.54 Å². The second-order valence-electron chi connectivity index (χ2n) is 6.51. The molecule has 1 atom stereocenters. The molecule has 0 radical (unpaired) electrons. The van der Waals surface area contributed by atoms with Crippen LogP contribution in [0.15, 0.2) is 36.4 Å². The molecule has 2 aromatic rings. The molecule has 0 aliphatic carbocycles. The molecule has 0 spiro atoms. The van der Waals surface area contributed by atoms with Crippen LogP contribution in [-0.4, -0.2) is 41.7 Å². The minimum absolute atomic E-state index is 0.0525. The van der Waals surface area contributed by atoms with Crippen LogP contribution in [0, 0.1) is 0 Å². The minimum atomic E-state index is -0.906. The van der Waals surface area contributed by atoms with E-state index in [9.17, 15) is 19.2 Å². The summed E-state index contributed by atoms with van der Waals surface area (Å²) in [5.41, 5.74) is 0.927. The predicted octanol–water partition coefficient (Wildman–Crippen LogP) is 3.66. The van der Waals surface area contributed by atoms with E-state index in [2.05, 4.69) is 5.32 Å². The van der Waals surface area contributed by atoms with Gasteiger partial charge in [-0.05, 0) is 36.8 Å². The van der Waals surface area contributed by atoms with Gasteiger partial charge in [-0.15, -0.1) is 0 Å². The molecule has 30 heavy (non-hydrogen) atoms. The number of amides is 3. The van der Waals surface area contributed by atoms with Crippen LogP contribution < -0.4 is 5.32 Å². The van der Waals surface area contributed by atoms with Gasteiger partial charge in [-0.2, -0.15) is 0 Å². The first-order chi connectivity index (χ1) is 14.2. The van der Waals surface area contributed by atoms with Gasteiger partial charge in [0.25, 0.3) is 17.7 Å². The summed E-state index contributed by atoms with van der Waals surface area (Å²) in [5, 5.41) is 3.48. The van der Waals surface area contributed by atoms with Crippen molar-refractivity contribution in [1.82, 2.24) is 10.2 Å². The highest BCUT2D eigenvalue weighted by molar-refractivity contribution is 6.43. The second-order valence-corrected chi connectivity index (χ2v) is 7.76. The van der Waals surface area contributed by atoms with E-state index in [0.717, 1.165) is 5.56 Å². The number of hydrogen-bond donors (Lipinski definition) is 1. The average Bonchev–Trinajstić information content (AvgIpc) is 2.91. The van der Waals surface area contributed by atoms with E-state index < -0.39 is 36.8 Å². The lowest BCUT2D eigenvalue weighted by atomic mass is 10.1. The maximum atomic E-state index is 12.4. The number of carbonyl (C=O) groups excluding carboxylic acids is 4. The highest BCUT2D eigenvalue weighted by Gasteiger charge is 2.37. The molecule has 3 rings (SSSR count).